The SMILES string of the molecule is CC(O)C(=O)[O-].CC(O)C(=O)[O-].O=S(=O)([O-])[O-].[Ni+2].[Ni+2]. The smallest absolute Gasteiger partial charge is 0.759 e. The molecule has 19 heavy (non-hydrogen) atoms. The van der Waals surface area contributed by atoms with Gasteiger partial charge in [-0.15, -0.1) is 0 Å². The number of carbonyl (C=O) groups excluding carboxylic acids is 2. The predicted octanol–water partition coefficient (Wildman–Crippen LogP) is -5.11. The van der Waals surface area contributed by atoms with Crippen LogP contribution in [-0.4, -0.2) is 51.9 Å². The number of carbonyl (C=O) groups is 2. The van der Waals surface area contributed by atoms with Gasteiger partial charge in [-0.25, -0.2) is 0 Å². The van der Waals surface area contributed by atoms with Gasteiger partial charge in [0.25, 0.3) is 0 Å². The molecule has 2 atom stereocenters. The fraction of sp³-hybridized carbons (Fsp3) is 0.667. The molecule has 0 heterocycles. The Morgan fingerprint density at radius 3 is 0.947 bits per heavy atom. The normalized spacial score (nSPS) is 11.7. The fourth-order valence-corrected chi connectivity index (χ4v) is 0. The second kappa shape index (κ2) is 15.8. The van der Waals surface area contributed by atoms with E-state index in [4.69, 9.17) is 27.7 Å². The minimum atomic E-state index is -5.17. The average Bonchev–Trinajstić information content (AvgIpc) is 2.01. The third-order valence-corrected chi connectivity index (χ3v) is 0.682. The van der Waals surface area contributed by atoms with Gasteiger partial charge in [-0.05, 0) is 13.8 Å². The minimum absolute atomic E-state index is 0. The molecule has 0 saturated heterocycles. The molecule has 2 unspecified atom stereocenters. The first-order valence-electron chi connectivity index (χ1n) is 3.73. The summed E-state index contributed by atoms with van der Waals surface area (Å²) in [6, 6.07) is 0. The zero-order valence-electron chi connectivity index (χ0n) is 9.36. The molecule has 0 aliphatic carbocycles. The average molecular weight is 392 g/mol. The van der Waals surface area contributed by atoms with Crippen molar-refractivity contribution in [2.75, 3.05) is 0 Å². The molecule has 0 aliphatic rings. The van der Waals surface area contributed by atoms with E-state index in [2.05, 4.69) is 0 Å². The molecule has 0 amide bonds. The molecule has 0 aromatic rings. The first-order chi connectivity index (χ1) is 7.29. The number of carboxylic acid groups (broad SMARTS) is 2. The molecule has 0 aliphatic heterocycles. The van der Waals surface area contributed by atoms with E-state index in [1.165, 1.54) is 0 Å². The van der Waals surface area contributed by atoms with Gasteiger partial charge >= 0.3 is 33.0 Å². The van der Waals surface area contributed by atoms with Crippen LogP contribution in [0.25, 0.3) is 0 Å². The minimum Gasteiger partial charge on any atom is -0.759 e. The van der Waals surface area contributed by atoms with E-state index in [-0.39, 0.29) is 33.0 Å². The van der Waals surface area contributed by atoms with Gasteiger partial charge in [-0.2, -0.15) is 0 Å². The van der Waals surface area contributed by atoms with E-state index >= 15 is 0 Å². The van der Waals surface area contributed by atoms with Gasteiger partial charge in [-0.1, -0.05) is 0 Å². The van der Waals surface area contributed by atoms with Gasteiger partial charge in [0, 0.05) is 10.4 Å². The van der Waals surface area contributed by atoms with Crippen LogP contribution in [0.5, 0.6) is 0 Å². The molecule has 0 aromatic carbocycles. The third kappa shape index (κ3) is 73.5. The van der Waals surface area contributed by atoms with Crippen LogP contribution < -0.4 is 10.2 Å². The Balaban J connectivity index is -0.0000000492. The summed E-state index contributed by atoms with van der Waals surface area (Å²) in [4.78, 5) is 18.7. The Labute approximate surface area is 129 Å². The Bertz CT molecular complexity index is 299. The van der Waals surface area contributed by atoms with Crippen molar-refractivity contribution < 1.29 is 80.5 Å². The summed E-state index contributed by atoms with van der Waals surface area (Å²) < 4.78 is 34.1. The van der Waals surface area contributed by atoms with Gasteiger partial charge < -0.3 is 39.1 Å². The van der Waals surface area contributed by atoms with Gasteiger partial charge in [0.1, 0.15) is 0 Å². The van der Waals surface area contributed by atoms with Crippen LogP contribution in [0.4, 0.5) is 0 Å². The maximum absolute atomic E-state index is 9.34. The molecule has 2 N–H and O–H groups in total. The maximum Gasteiger partial charge on any atom is 2.00 e. The van der Waals surface area contributed by atoms with Crippen LogP contribution in [-0.2, 0) is 53.0 Å². The summed E-state index contributed by atoms with van der Waals surface area (Å²) in [6.07, 6.45) is -2.69. The molecule has 0 saturated carbocycles. The van der Waals surface area contributed by atoms with E-state index in [1.54, 1.807) is 0 Å². The number of carboxylic acids is 2. The van der Waals surface area contributed by atoms with E-state index in [0.29, 0.717) is 0 Å². The number of rotatable bonds is 2. The second-order valence-electron chi connectivity index (χ2n) is 2.40. The molecule has 13 heteroatoms. The molecule has 10 nitrogen and oxygen atoms in total. The molecule has 0 rings (SSSR count). The van der Waals surface area contributed by atoms with E-state index in [9.17, 15) is 19.8 Å². The van der Waals surface area contributed by atoms with Crippen LogP contribution in [0.3, 0.4) is 0 Å². The van der Waals surface area contributed by atoms with E-state index in [1.807, 2.05) is 0 Å². The molecule has 0 bridgehead atoms. The van der Waals surface area contributed by atoms with Crippen molar-refractivity contribution in [3.05, 3.63) is 0 Å². The van der Waals surface area contributed by atoms with Crippen molar-refractivity contribution in [3.8, 4) is 0 Å². The zero-order valence-corrected chi connectivity index (χ0v) is 12.1. The topological polar surface area (TPSA) is 201 Å². The van der Waals surface area contributed by atoms with Crippen LogP contribution in [0.2, 0.25) is 0 Å². The molecule has 120 valence electrons. The van der Waals surface area contributed by atoms with Crippen molar-refractivity contribution in [1.29, 1.82) is 0 Å². The standard InChI is InChI=1S/2C3H6O3.2Ni.H2O4S/c2*1-2(4)3(5)6;;;1-5(2,3)4/h2*2,4H,1H3,(H,5,6);;;(H2,1,2,3,4)/q;;2*+2;/p-4. The molecular formula is C6H10Ni2O10S. The summed E-state index contributed by atoms with van der Waals surface area (Å²) in [5.74, 6) is -2.87. The summed E-state index contributed by atoms with van der Waals surface area (Å²) >= 11 is 0. The number of aliphatic hydroxyl groups is 2. The number of hydrogen-bond donors (Lipinski definition) is 2. The third-order valence-electron chi connectivity index (χ3n) is 0.682. The number of hydrogen-bond acceptors (Lipinski definition) is 10. The van der Waals surface area contributed by atoms with Crippen LogP contribution >= 0.6 is 0 Å². The molecule has 0 spiro atoms. The van der Waals surface area contributed by atoms with Crippen LogP contribution in [0, 0.1) is 0 Å². The summed E-state index contributed by atoms with van der Waals surface area (Å²) in [6.45, 7) is 2.27. The van der Waals surface area contributed by atoms with Gasteiger partial charge in [0.05, 0.1) is 24.1 Å². The fourth-order valence-electron chi connectivity index (χ4n) is 0. The second-order valence-corrected chi connectivity index (χ2v) is 3.21. The zero-order chi connectivity index (χ0) is 14.8. The molecule has 0 aromatic heterocycles. The first kappa shape index (κ1) is 31.2. The van der Waals surface area contributed by atoms with Gasteiger partial charge in [0.15, 0.2) is 0 Å². The van der Waals surface area contributed by atoms with Gasteiger partial charge in [0.2, 0.25) is 0 Å². The largest absolute Gasteiger partial charge is 2.00 e. The van der Waals surface area contributed by atoms with Crippen molar-refractivity contribution in [2.45, 2.75) is 26.1 Å². The maximum atomic E-state index is 9.34. The number of aliphatic carboxylic acids is 2. The summed E-state index contributed by atoms with van der Waals surface area (Å²) in [7, 11) is -5.17. The predicted molar refractivity (Wildman–Crippen MR) is 43.9 cm³/mol. The molecular weight excluding hydrogens is 382 g/mol. The van der Waals surface area contributed by atoms with E-state index < -0.39 is 34.5 Å². The molecule has 0 radical (unpaired) electrons. The van der Waals surface area contributed by atoms with Crippen molar-refractivity contribution in [2.24, 2.45) is 0 Å². The van der Waals surface area contributed by atoms with Crippen molar-refractivity contribution in [3.63, 3.8) is 0 Å². The Morgan fingerprint density at radius 2 is 0.947 bits per heavy atom. The Hall–Kier alpha value is -0.283. The quantitative estimate of drug-likeness (QED) is 0.260. The monoisotopic (exact) mass is 390 g/mol. The number of aliphatic hydroxyl groups excluding tert-OH is 2. The summed E-state index contributed by atoms with van der Waals surface area (Å²) in [5.41, 5.74) is 0. The first-order valence-corrected chi connectivity index (χ1v) is 5.06. The summed E-state index contributed by atoms with van der Waals surface area (Å²) in [5, 5.41) is 34.6. The molecule has 0 fully saturated rings. The Kier molecular flexibility index (Phi) is 25.9. The van der Waals surface area contributed by atoms with E-state index in [0.717, 1.165) is 13.8 Å². The van der Waals surface area contributed by atoms with Crippen LogP contribution in [0.1, 0.15) is 13.8 Å². The van der Waals surface area contributed by atoms with Crippen molar-refractivity contribution in [1.82, 2.24) is 0 Å². The Morgan fingerprint density at radius 1 is 0.895 bits per heavy atom. The van der Waals surface area contributed by atoms with Gasteiger partial charge in [-0.3, -0.25) is 8.42 Å². The van der Waals surface area contributed by atoms with Crippen molar-refractivity contribution >= 4 is 22.3 Å². The van der Waals surface area contributed by atoms with Crippen LogP contribution in [0.15, 0.2) is 0 Å².